The van der Waals surface area contributed by atoms with Gasteiger partial charge in [0.05, 0.1) is 5.75 Å². The Balaban J connectivity index is 1.65. The number of amides is 1. The SMILES string of the molecule is Cc1ccc(NC(=O)CSc2nnc(-c3ccc(C(C)(C)C)cc3)n2C)cc1F. The Morgan fingerprint density at radius 1 is 1.14 bits per heavy atom. The third-order valence-electron chi connectivity index (χ3n) is 4.63. The van der Waals surface area contributed by atoms with Gasteiger partial charge in [-0.1, -0.05) is 62.9 Å². The van der Waals surface area contributed by atoms with Crippen molar-refractivity contribution < 1.29 is 9.18 Å². The molecule has 0 spiro atoms. The minimum absolute atomic E-state index is 0.0904. The number of nitrogens with zero attached hydrogens (tertiary/aromatic N) is 3. The van der Waals surface area contributed by atoms with Gasteiger partial charge >= 0.3 is 0 Å². The van der Waals surface area contributed by atoms with Gasteiger partial charge in [-0.25, -0.2) is 4.39 Å². The van der Waals surface area contributed by atoms with Crippen molar-refractivity contribution in [3.63, 3.8) is 0 Å². The number of carbonyl (C=O) groups excluding carboxylic acids is 1. The van der Waals surface area contributed by atoms with Crippen LogP contribution in [0.4, 0.5) is 10.1 Å². The molecule has 0 aliphatic heterocycles. The Morgan fingerprint density at radius 2 is 1.83 bits per heavy atom. The lowest BCUT2D eigenvalue weighted by atomic mass is 9.87. The lowest BCUT2D eigenvalue weighted by Crippen LogP contribution is -2.14. The second-order valence-corrected chi connectivity index (χ2v) is 8.94. The van der Waals surface area contributed by atoms with Gasteiger partial charge < -0.3 is 9.88 Å². The number of hydrogen-bond acceptors (Lipinski definition) is 4. The molecule has 0 radical (unpaired) electrons. The number of hydrogen-bond donors (Lipinski definition) is 1. The van der Waals surface area contributed by atoms with E-state index in [9.17, 15) is 9.18 Å². The van der Waals surface area contributed by atoms with Crippen LogP contribution in [-0.2, 0) is 17.3 Å². The van der Waals surface area contributed by atoms with Crippen molar-refractivity contribution in [2.45, 2.75) is 38.3 Å². The molecule has 0 saturated heterocycles. The molecule has 0 saturated carbocycles. The smallest absolute Gasteiger partial charge is 0.234 e. The first-order valence-corrected chi connectivity index (χ1v) is 10.3. The van der Waals surface area contributed by atoms with Crippen molar-refractivity contribution in [1.82, 2.24) is 14.8 Å². The maximum absolute atomic E-state index is 13.6. The molecule has 1 heterocycles. The van der Waals surface area contributed by atoms with Gasteiger partial charge in [-0.05, 0) is 35.6 Å². The van der Waals surface area contributed by atoms with Crippen molar-refractivity contribution >= 4 is 23.4 Å². The molecule has 5 nitrogen and oxygen atoms in total. The van der Waals surface area contributed by atoms with Crippen molar-refractivity contribution in [2.24, 2.45) is 7.05 Å². The van der Waals surface area contributed by atoms with Crippen molar-refractivity contribution in [3.8, 4) is 11.4 Å². The minimum Gasteiger partial charge on any atom is -0.325 e. The summed E-state index contributed by atoms with van der Waals surface area (Å²) in [7, 11) is 1.88. The third kappa shape index (κ3) is 5.03. The molecule has 0 bridgehead atoms. The lowest BCUT2D eigenvalue weighted by molar-refractivity contribution is -0.113. The molecule has 1 amide bonds. The molecule has 0 unspecified atom stereocenters. The summed E-state index contributed by atoms with van der Waals surface area (Å²) in [6.45, 7) is 8.21. The summed E-state index contributed by atoms with van der Waals surface area (Å²) in [6, 6.07) is 12.9. The Hall–Kier alpha value is -2.67. The van der Waals surface area contributed by atoms with Crippen molar-refractivity contribution in [2.75, 3.05) is 11.1 Å². The Morgan fingerprint density at radius 3 is 2.45 bits per heavy atom. The van der Waals surface area contributed by atoms with E-state index < -0.39 is 0 Å². The molecule has 0 fully saturated rings. The molecule has 1 aromatic heterocycles. The quantitative estimate of drug-likeness (QED) is 0.602. The first-order valence-electron chi connectivity index (χ1n) is 9.34. The summed E-state index contributed by atoms with van der Waals surface area (Å²) < 4.78 is 15.5. The van der Waals surface area contributed by atoms with Crippen LogP contribution in [0, 0.1) is 12.7 Å². The summed E-state index contributed by atoms with van der Waals surface area (Å²) in [5.41, 5.74) is 3.30. The summed E-state index contributed by atoms with van der Waals surface area (Å²) >= 11 is 1.29. The van der Waals surface area contributed by atoms with Gasteiger partial charge in [0.1, 0.15) is 5.82 Å². The normalized spacial score (nSPS) is 11.5. The molecule has 2 aromatic carbocycles. The predicted molar refractivity (Wildman–Crippen MR) is 116 cm³/mol. The van der Waals surface area contributed by atoms with E-state index in [1.165, 1.54) is 23.4 Å². The van der Waals surface area contributed by atoms with Crippen LogP contribution in [0.25, 0.3) is 11.4 Å². The number of aryl methyl sites for hydroxylation is 1. The number of aromatic nitrogens is 3. The topological polar surface area (TPSA) is 59.8 Å². The second kappa shape index (κ2) is 8.37. The molecule has 3 rings (SSSR count). The molecular weight excluding hydrogens is 387 g/mol. The van der Waals surface area contributed by atoms with Crippen LogP contribution >= 0.6 is 11.8 Å². The molecule has 0 aliphatic carbocycles. The zero-order valence-electron chi connectivity index (χ0n) is 17.3. The van der Waals surface area contributed by atoms with E-state index in [4.69, 9.17) is 0 Å². The fourth-order valence-electron chi connectivity index (χ4n) is 2.81. The number of benzene rings is 2. The molecule has 7 heteroatoms. The van der Waals surface area contributed by atoms with Crippen LogP contribution in [-0.4, -0.2) is 26.4 Å². The van der Waals surface area contributed by atoms with E-state index in [0.717, 1.165) is 11.4 Å². The van der Waals surface area contributed by atoms with E-state index >= 15 is 0 Å². The Kier molecular flexibility index (Phi) is 6.07. The average Bonchev–Trinajstić information content (AvgIpc) is 3.03. The summed E-state index contributed by atoms with van der Waals surface area (Å²) in [5.74, 6) is 0.335. The molecule has 29 heavy (non-hydrogen) atoms. The van der Waals surface area contributed by atoms with E-state index in [1.54, 1.807) is 19.1 Å². The molecular formula is C22H25FN4OS. The van der Waals surface area contributed by atoms with Gasteiger partial charge in [0.2, 0.25) is 5.91 Å². The highest BCUT2D eigenvalue weighted by atomic mass is 32.2. The van der Waals surface area contributed by atoms with Gasteiger partial charge in [0.25, 0.3) is 0 Å². The van der Waals surface area contributed by atoms with Crippen LogP contribution in [0.2, 0.25) is 0 Å². The average molecular weight is 413 g/mol. The number of anilines is 1. The second-order valence-electron chi connectivity index (χ2n) is 7.99. The summed E-state index contributed by atoms with van der Waals surface area (Å²) in [4.78, 5) is 12.2. The van der Waals surface area contributed by atoms with E-state index in [0.29, 0.717) is 16.4 Å². The Labute approximate surface area is 174 Å². The molecule has 0 aliphatic rings. The highest BCUT2D eigenvalue weighted by Crippen LogP contribution is 2.27. The third-order valence-corrected chi connectivity index (χ3v) is 5.65. The number of thioether (sulfide) groups is 1. The van der Waals surface area contributed by atoms with E-state index in [2.05, 4.69) is 48.4 Å². The highest BCUT2D eigenvalue weighted by Gasteiger charge is 2.16. The van der Waals surface area contributed by atoms with Crippen LogP contribution in [0.1, 0.15) is 31.9 Å². The Bertz CT molecular complexity index is 1020. The molecule has 152 valence electrons. The van der Waals surface area contributed by atoms with Crippen LogP contribution in [0.15, 0.2) is 47.6 Å². The predicted octanol–water partition coefficient (Wildman–Crippen LogP) is 4.96. The van der Waals surface area contributed by atoms with Gasteiger partial charge in [-0.15, -0.1) is 10.2 Å². The van der Waals surface area contributed by atoms with E-state index in [-0.39, 0.29) is 22.9 Å². The largest absolute Gasteiger partial charge is 0.325 e. The minimum atomic E-state index is -0.342. The van der Waals surface area contributed by atoms with Crippen LogP contribution < -0.4 is 5.32 Å². The highest BCUT2D eigenvalue weighted by molar-refractivity contribution is 7.99. The zero-order valence-corrected chi connectivity index (χ0v) is 18.1. The van der Waals surface area contributed by atoms with Crippen LogP contribution in [0.5, 0.6) is 0 Å². The van der Waals surface area contributed by atoms with Crippen LogP contribution in [0.3, 0.4) is 0 Å². The van der Waals surface area contributed by atoms with Crippen molar-refractivity contribution in [1.29, 1.82) is 0 Å². The maximum atomic E-state index is 13.6. The van der Waals surface area contributed by atoms with Gasteiger partial charge in [0, 0.05) is 18.3 Å². The first kappa shape index (κ1) is 21.0. The fourth-order valence-corrected chi connectivity index (χ4v) is 3.52. The van der Waals surface area contributed by atoms with Gasteiger partial charge in [-0.3, -0.25) is 4.79 Å². The van der Waals surface area contributed by atoms with Crippen molar-refractivity contribution in [3.05, 3.63) is 59.4 Å². The maximum Gasteiger partial charge on any atom is 0.234 e. The summed E-state index contributed by atoms with van der Waals surface area (Å²) in [6.07, 6.45) is 0. The molecule has 3 aromatic rings. The van der Waals surface area contributed by atoms with Gasteiger partial charge in [0.15, 0.2) is 11.0 Å². The number of nitrogens with one attached hydrogen (secondary N) is 1. The number of carbonyl (C=O) groups is 1. The molecule has 1 N–H and O–H groups in total. The number of halogens is 1. The first-order chi connectivity index (χ1) is 13.6. The monoisotopic (exact) mass is 412 g/mol. The van der Waals surface area contributed by atoms with Gasteiger partial charge in [-0.2, -0.15) is 0 Å². The zero-order chi connectivity index (χ0) is 21.2. The summed E-state index contributed by atoms with van der Waals surface area (Å²) in [5, 5.41) is 11.8. The fraction of sp³-hybridized carbons (Fsp3) is 0.318. The van der Waals surface area contributed by atoms with E-state index in [1.807, 2.05) is 23.7 Å². The lowest BCUT2D eigenvalue weighted by Gasteiger charge is -2.19. The number of rotatable bonds is 5. The standard InChI is InChI=1S/C22H25FN4OS/c1-14-6-11-17(12-18(14)23)24-19(28)13-29-21-26-25-20(27(21)5)15-7-9-16(10-8-15)22(2,3)4/h6-12H,13H2,1-5H3,(H,24,28). The molecule has 0 atom stereocenters.